The van der Waals surface area contributed by atoms with Crippen molar-refractivity contribution in [3.05, 3.63) is 41.7 Å². The molecule has 1 aromatic heterocycles. The minimum Gasteiger partial charge on any atom is -0.392 e. The molecular weight excluding hydrogens is 287 g/mol. The third kappa shape index (κ3) is 3.00. The lowest BCUT2D eigenvalue weighted by molar-refractivity contribution is 0.281. The Balaban J connectivity index is 2.20. The highest BCUT2D eigenvalue weighted by Gasteiger charge is 2.19. The van der Waals surface area contributed by atoms with Crippen molar-refractivity contribution in [1.29, 1.82) is 0 Å². The van der Waals surface area contributed by atoms with Crippen molar-refractivity contribution in [3.63, 3.8) is 0 Å². The summed E-state index contributed by atoms with van der Waals surface area (Å²) in [7, 11) is -2.33. The minimum atomic E-state index is -4.00. The molecule has 2 rings (SSSR count). The number of benzene rings is 1. The molecule has 0 aliphatic rings. The van der Waals surface area contributed by atoms with E-state index in [1.165, 1.54) is 12.4 Å². The van der Waals surface area contributed by atoms with Gasteiger partial charge < -0.3 is 9.67 Å². The van der Waals surface area contributed by atoms with Gasteiger partial charge in [0.15, 0.2) is 0 Å². The van der Waals surface area contributed by atoms with Gasteiger partial charge in [-0.3, -0.25) is 0 Å². The molecule has 0 unspecified atom stereocenters. The Morgan fingerprint density at radius 2 is 2.20 bits per heavy atom. The van der Waals surface area contributed by atoms with Crippen LogP contribution in [0.4, 0.5) is 4.39 Å². The maximum atomic E-state index is 13.7. The molecule has 0 aliphatic carbocycles. The zero-order chi connectivity index (χ0) is 14.8. The Morgan fingerprint density at radius 3 is 2.75 bits per heavy atom. The van der Waals surface area contributed by atoms with Gasteiger partial charge in [-0.1, -0.05) is 6.07 Å². The van der Waals surface area contributed by atoms with Gasteiger partial charge in [0, 0.05) is 7.05 Å². The highest BCUT2D eigenvalue weighted by Crippen LogP contribution is 2.16. The lowest BCUT2D eigenvalue weighted by Crippen LogP contribution is -2.25. The summed E-state index contributed by atoms with van der Waals surface area (Å²) in [4.78, 5) is -0.475. The van der Waals surface area contributed by atoms with Gasteiger partial charge in [0.25, 0.3) is 0 Å². The molecule has 0 saturated heterocycles. The van der Waals surface area contributed by atoms with E-state index in [2.05, 4.69) is 14.9 Å². The highest BCUT2D eigenvalue weighted by atomic mass is 32.2. The normalized spacial score (nSPS) is 11.8. The maximum absolute atomic E-state index is 13.7. The van der Waals surface area contributed by atoms with E-state index in [1.54, 1.807) is 11.6 Å². The third-order valence-electron chi connectivity index (χ3n) is 2.69. The van der Waals surface area contributed by atoms with Crippen LogP contribution in [0.3, 0.4) is 0 Å². The van der Waals surface area contributed by atoms with E-state index < -0.39 is 20.7 Å². The molecule has 0 saturated carbocycles. The Labute approximate surface area is 115 Å². The molecule has 108 valence electrons. The molecule has 1 heterocycles. The first kappa shape index (κ1) is 14.6. The summed E-state index contributed by atoms with van der Waals surface area (Å²) in [6.07, 6.45) is 1.43. The lowest BCUT2D eigenvalue weighted by atomic mass is 10.2. The molecule has 1 aromatic carbocycles. The average molecular weight is 300 g/mol. The number of aliphatic hydroxyl groups is 1. The average Bonchev–Trinajstić information content (AvgIpc) is 2.81. The van der Waals surface area contributed by atoms with Gasteiger partial charge in [-0.2, -0.15) is 0 Å². The van der Waals surface area contributed by atoms with E-state index in [0.29, 0.717) is 11.4 Å². The number of nitrogens with zero attached hydrogens (tertiary/aromatic N) is 3. The van der Waals surface area contributed by atoms with E-state index in [1.807, 2.05) is 0 Å². The van der Waals surface area contributed by atoms with Gasteiger partial charge in [0.05, 0.1) is 13.2 Å². The topological polar surface area (TPSA) is 97.1 Å². The Bertz CT molecular complexity index is 714. The van der Waals surface area contributed by atoms with Crippen LogP contribution in [0, 0.1) is 5.82 Å². The molecule has 9 heteroatoms. The van der Waals surface area contributed by atoms with Crippen LogP contribution in [0.25, 0.3) is 0 Å². The van der Waals surface area contributed by atoms with Crippen LogP contribution in [-0.4, -0.2) is 28.3 Å². The Kier molecular flexibility index (Phi) is 4.12. The van der Waals surface area contributed by atoms with Gasteiger partial charge in [-0.05, 0) is 17.7 Å². The van der Waals surface area contributed by atoms with Crippen LogP contribution < -0.4 is 4.72 Å². The van der Waals surface area contributed by atoms with Gasteiger partial charge in [0.2, 0.25) is 10.0 Å². The van der Waals surface area contributed by atoms with Crippen LogP contribution in [0.5, 0.6) is 0 Å². The molecule has 2 aromatic rings. The SMILES string of the molecule is Cn1cnnc1CNS(=O)(=O)c1ccc(CO)cc1F. The first-order valence-corrected chi connectivity index (χ1v) is 7.14. The predicted molar refractivity (Wildman–Crippen MR) is 67.4 cm³/mol. The summed E-state index contributed by atoms with van der Waals surface area (Å²) < 4.78 is 41.5. The highest BCUT2D eigenvalue weighted by molar-refractivity contribution is 7.89. The Hall–Kier alpha value is -1.84. The Morgan fingerprint density at radius 1 is 1.45 bits per heavy atom. The van der Waals surface area contributed by atoms with Crippen LogP contribution in [0.1, 0.15) is 11.4 Å². The number of hydrogen-bond donors (Lipinski definition) is 2. The summed E-state index contributed by atoms with van der Waals surface area (Å²) in [5, 5.41) is 16.2. The summed E-state index contributed by atoms with van der Waals surface area (Å²) in [5.41, 5.74) is 0.301. The number of aromatic nitrogens is 3. The number of nitrogens with one attached hydrogen (secondary N) is 1. The second-order valence-corrected chi connectivity index (χ2v) is 5.84. The molecule has 2 N–H and O–H groups in total. The summed E-state index contributed by atoms with van der Waals surface area (Å²) in [5.74, 6) is -0.511. The first-order chi connectivity index (χ1) is 9.44. The number of hydrogen-bond acceptors (Lipinski definition) is 5. The second-order valence-electron chi connectivity index (χ2n) is 4.11. The quantitative estimate of drug-likeness (QED) is 0.805. The van der Waals surface area contributed by atoms with E-state index in [9.17, 15) is 12.8 Å². The standard InChI is InChI=1S/C11H13FN4O3S/c1-16-7-13-15-11(16)5-14-20(18,19)10-3-2-8(6-17)4-9(10)12/h2-4,7,14,17H,5-6H2,1H3. The largest absolute Gasteiger partial charge is 0.392 e. The smallest absolute Gasteiger partial charge is 0.243 e. The molecule has 0 radical (unpaired) electrons. The molecule has 0 amide bonds. The summed E-state index contributed by atoms with van der Waals surface area (Å²) in [6.45, 7) is -0.455. The number of halogens is 1. The molecule has 0 spiro atoms. The van der Waals surface area contributed by atoms with Gasteiger partial charge in [0.1, 0.15) is 22.9 Å². The number of sulfonamides is 1. The fourth-order valence-corrected chi connectivity index (χ4v) is 2.60. The number of rotatable bonds is 5. The molecule has 20 heavy (non-hydrogen) atoms. The van der Waals surface area contributed by atoms with Crippen LogP contribution in [0.15, 0.2) is 29.4 Å². The van der Waals surface area contributed by atoms with E-state index in [0.717, 1.165) is 12.1 Å². The van der Waals surface area contributed by atoms with Crippen LogP contribution in [0.2, 0.25) is 0 Å². The van der Waals surface area contributed by atoms with Crippen LogP contribution >= 0.6 is 0 Å². The molecule has 0 aliphatic heterocycles. The number of aliphatic hydroxyl groups excluding tert-OH is 1. The molecular formula is C11H13FN4O3S. The second kappa shape index (κ2) is 5.65. The van der Waals surface area contributed by atoms with Gasteiger partial charge >= 0.3 is 0 Å². The van der Waals surface area contributed by atoms with Crippen LogP contribution in [-0.2, 0) is 30.2 Å². The molecule has 7 nitrogen and oxygen atoms in total. The van der Waals surface area contributed by atoms with Crippen molar-refractivity contribution < 1.29 is 17.9 Å². The predicted octanol–water partition coefficient (Wildman–Crippen LogP) is -0.0750. The maximum Gasteiger partial charge on any atom is 0.243 e. The third-order valence-corrected chi connectivity index (χ3v) is 4.13. The minimum absolute atomic E-state index is 0.0972. The molecule has 0 atom stereocenters. The van der Waals surface area contributed by atoms with E-state index in [-0.39, 0.29) is 13.2 Å². The molecule has 0 bridgehead atoms. The van der Waals surface area contributed by atoms with Crippen molar-refractivity contribution in [2.45, 2.75) is 18.0 Å². The van der Waals surface area contributed by atoms with Crippen molar-refractivity contribution >= 4 is 10.0 Å². The fourth-order valence-electron chi connectivity index (χ4n) is 1.57. The van der Waals surface area contributed by atoms with Gasteiger partial charge in [-0.25, -0.2) is 17.5 Å². The first-order valence-electron chi connectivity index (χ1n) is 5.66. The van der Waals surface area contributed by atoms with E-state index in [4.69, 9.17) is 5.11 Å². The summed E-state index contributed by atoms with van der Waals surface area (Å²) in [6, 6.07) is 3.44. The van der Waals surface area contributed by atoms with Crippen molar-refractivity contribution in [3.8, 4) is 0 Å². The zero-order valence-electron chi connectivity index (χ0n) is 10.6. The summed E-state index contributed by atoms with van der Waals surface area (Å²) >= 11 is 0. The van der Waals surface area contributed by atoms with Gasteiger partial charge in [-0.15, -0.1) is 10.2 Å². The number of aryl methyl sites for hydroxylation is 1. The zero-order valence-corrected chi connectivity index (χ0v) is 11.4. The van der Waals surface area contributed by atoms with Crippen molar-refractivity contribution in [2.75, 3.05) is 0 Å². The fraction of sp³-hybridized carbons (Fsp3) is 0.273. The molecule has 0 fully saturated rings. The van der Waals surface area contributed by atoms with Crippen molar-refractivity contribution in [2.24, 2.45) is 7.05 Å². The monoisotopic (exact) mass is 300 g/mol. The van der Waals surface area contributed by atoms with Crippen molar-refractivity contribution in [1.82, 2.24) is 19.5 Å². The lowest BCUT2D eigenvalue weighted by Gasteiger charge is -2.08. The van der Waals surface area contributed by atoms with E-state index >= 15 is 0 Å².